The number of nitrogens with one attached hydrogen (secondary N) is 5. The van der Waals surface area contributed by atoms with E-state index >= 15 is 0 Å². The Kier molecular flexibility index (Phi) is 24.5. The largest absolute Gasteiger partial charge is 0.394 e. The van der Waals surface area contributed by atoms with Crippen molar-refractivity contribution in [2.75, 3.05) is 65.6 Å². The van der Waals surface area contributed by atoms with E-state index < -0.39 is 10.4 Å². The van der Waals surface area contributed by atoms with Crippen LogP contribution in [0.4, 0.5) is 4.79 Å². The van der Waals surface area contributed by atoms with Crippen LogP contribution < -0.4 is 32.3 Å². The first kappa shape index (κ1) is 33.9. The summed E-state index contributed by atoms with van der Waals surface area (Å²) in [7, 11) is 0. The Morgan fingerprint density at radius 2 is 1.48 bits per heavy atom. The third kappa shape index (κ3) is 22.3. The van der Waals surface area contributed by atoms with Gasteiger partial charge in [-0.25, -0.2) is 4.79 Å². The number of urea groups is 1. The molecule has 0 aromatic heterocycles. The van der Waals surface area contributed by atoms with Gasteiger partial charge >= 0.3 is 6.03 Å². The van der Waals surface area contributed by atoms with Gasteiger partial charge in [0.25, 0.3) is 0 Å². The molecule has 0 aliphatic heterocycles. The molecular formula is C21H45BrN6O5. The zero-order valence-electron chi connectivity index (χ0n) is 20.4. The number of hydrogen-bond acceptors (Lipinski definition) is 8. The van der Waals surface area contributed by atoms with Crippen molar-refractivity contribution in [3.8, 4) is 0 Å². The van der Waals surface area contributed by atoms with Crippen LogP contribution in [0.5, 0.6) is 0 Å². The van der Waals surface area contributed by atoms with Gasteiger partial charge in [0, 0.05) is 39.1 Å². The molecule has 0 bridgehead atoms. The number of carbonyl (C=O) groups excluding carboxylic acids is 3. The van der Waals surface area contributed by atoms with Crippen LogP contribution in [0.15, 0.2) is 0 Å². The van der Waals surface area contributed by atoms with E-state index in [-0.39, 0.29) is 18.4 Å². The molecule has 0 aromatic rings. The molecule has 0 saturated heterocycles. The molecule has 4 amide bonds. The number of likely N-dealkylation sites (N-methyl/N-ethyl adjacent to an activating group) is 1. The first-order valence-corrected chi connectivity index (χ1v) is 12.4. The maximum absolute atomic E-state index is 11.4. The molecule has 0 atom stereocenters. The molecule has 33 heavy (non-hydrogen) atoms. The number of aliphatic hydroxyl groups is 1. The molecule has 0 heterocycles. The van der Waals surface area contributed by atoms with Crippen molar-refractivity contribution in [3.05, 3.63) is 0 Å². The minimum Gasteiger partial charge on any atom is -0.394 e. The Hall–Kier alpha value is -1.31. The van der Waals surface area contributed by atoms with Crippen molar-refractivity contribution in [2.24, 2.45) is 5.73 Å². The fourth-order valence-corrected chi connectivity index (χ4v) is 2.57. The lowest BCUT2D eigenvalue weighted by Crippen LogP contribution is -2.46. The first-order valence-electron chi connectivity index (χ1n) is 11.6. The lowest BCUT2D eigenvalue weighted by molar-refractivity contribution is -0.122. The second kappa shape index (κ2) is 23.8. The second-order valence-corrected chi connectivity index (χ2v) is 8.65. The highest BCUT2D eigenvalue weighted by Gasteiger charge is 2.32. The van der Waals surface area contributed by atoms with Crippen LogP contribution in [0.25, 0.3) is 0 Å². The quantitative estimate of drug-likeness (QED) is 0.0873. The van der Waals surface area contributed by atoms with E-state index in [1.54, 1.807) is 0 Å². The van der Waals surface area contributed by atoms with Gasteiger partial charge in [-0.2, -0.15) is 0 Å². The van der Waals surface area contributed by atoms with Crippen molar-refractivity contribution in [3.63, 3.8) is 0 Å². The molecule has 0 aromatic carbocycles. The highest BCUT2D eigenvalue weighted by molar-refractivity contribution is 9.10. The smallest absolute Gasteiger partial charge is 0.318 e. The lowest BCUT2D eigenvalue weighted by Gasteiger charge is -2.21. The van der Waals surface area contributed by atoms with E-state index in [0.717, 1.165) is 45.7 Å². The van der Waals surface area contributed by atoms with Crippen molar-refractivity contribution in [1.29, 1.82) is 0 Å². The number of ether oxygens (including phenoxy) is 1. The van der Waals surface area contributed by atoms with Crippen molar-refractivity contribution >= 4 is 33.8 Å². The van der Waals surface area contributed by atoms with E-state index in [0.29, 0.717) is 39.0 Å². The molecule has 11 nitrogen and oxygen atoms in total. The average Bonchev–Trinajstić information content (AvgIpc) is 2.79. The number of amides is 4. The van der Waals surface area contributed by atoms with E-state index in [9.17, 15) is 14.4 Å². The van der Waals surface area contributed by atoms with Gasteiger partial charge in [-0.3, -0.25) is 14.9 Å². The van der Waals surface area contributed by atoms with Gasteiger partial charge in [-0.1, -0.05) is 36.7 Å². The summed E-state index contributed by atoms with van der Waals surface area (Å²) in [4.78, 5) is 33.1. The Morgan fingerprint density at radius 1 is 0.909 bits per heavy atom. The van der Waals surface area contributed by atoms with Crippen LogP contribution in [0.3, 0.4) is 0 Å². The monoisotopic (exact) mass is 540 g/mol. The SMILES string of the molecule is CCC(Br)(CC)C(=O)NC(N)=O.CCNCCNCCNCCCC(=O)NCCOCCO. The fraction of sp³-hybridized carbons (Fsp3) is 0.857. The van der Waals surface area contributed by atoms with E-state index in [1.807, 2.05) is 19.2 Å². The van der Waals surface area contributed by atoms with Crippen molar-refractivity contribution < 1.29 is 24.2 Å². The second-order valence-electron chi connectivity index (χ2n) is 7.13. The summed E-state index contributed by atoms with van der Waals surface area (Å²) in [6.45, 7) is 12.8. The molecule has 0 aliphatic rings. The Bertz CT molecular complexity index is 510. The molecule has 0 saturated carbocycles. The van der Waals surface area contributed by atoms with Gasteiger partial charge in [0.2, 0.25) is 11.8 Å². The molecule has 0 aliphatic carbocycles. The number of primary amides is 1. The van der Waals surface area contributed by atoms with Gasteiger partial charge in [-0.05, 0) is 32.4 Å². The van der Waals surface area contributed by atoms with Crippen LogP contribution in [0, 0.1) is 0 Å². The van der Waals surface area contributed by atoms with Gasteiger partial charge < -0.3 is 36.8 Å². The van der Waals surface area contributed by atoms with Gasteiger partial charge in [0.1, 0.15) is 4.32 Å². The number of nitrogens with two attached hydrogens (primary N) is 1. The topological polar surface area (TPSA) is 167 Å². The van der Waals surface area contributed by atoms with Crippen LogP contribution in [-0.2, 0) is 14.3 Å². The molecule has 0 fully saturated rings. The highest BCUT2D eigenvalue weighted by Crippen LogP contribution is 2.26. The van der Waals surface area contributed by atoms with Gasteiger partial charge in [0.05, 0.1) is 19.8 Å². The van der Waals surface area contributed by atoms with E-state index in [4.69, 9.17) is 15.6 Å². The molecule has 8 N–H and O–H groups in total. The summed E-state index contributed by atoms with van der Waals surface area (Å²) in [6, 6.07) is -0.814. The maximum Gasteiger partial charge on any atom is 0.318 e. The predicted octanol–water partition coefficient (Wildman–Crippen LogP) is -0.185. The first-order chi connectivity index (χ1) is 15.8. The van der Waals surface area contributed by atoms with Crippen LogP contribution in [0.2, 0.25) is 0 Å². The molecule has 196 valence electrons. The zero-order chi connectivity index (χ0) is 25.4. The molecule has 0 unspecified atom stereocenters. The Balaban J connectivity index is 0. The maximum atomic E-state index is 11.4. The number of halogens is 1. The van der Waals surface area contributed by atoms with Crippen molar-refractivity contribution in [1.82, 2.24) is 26.6 Å². The lowest BCUT2D eigenvalue weighted by atomic mass is 10.0. The van der Waals surface area contributed by atoms with Crippen LogP contribution >= 0.6 is 15.9 Å². The Morgan fingerprint density at radius 3 is 2.00 bits per heavy atom. The summed E-state index contributed by atoms with van der Waals surface area (Å²) < 4.78 is 4.39. The van der Waals surface area contributed by atoms with E-state index in [2.05, 4.69) is 44.1 Å². The molecule has 12 heteroatoms. The third-order valence-electron chi connectivity index (χ3n) is 4.53. The molecule has 0 spiro atoms. The summed E-state index contributed by atoms with van der Waals surface area (Å²) in [6.07, 6.45) is 2.59. The number of carbonyl (C=O) groups is 3. The van der Waals surface area contributed by atoms with Crippen molar-refractivity contribution in [2.45, 2.75) is 50.8 Å². The number of imide groups is 1. The number of rotatable bonds is 19. The van der Waals surface area contributed by atoms with E-state index in [1.165, 1.54) is 0 Å². The minimum atomic E-state index is -0.814. The predicted molar refractivity (Wildman–Crippen MR) is 134 cm³/mol. The third-order valence-corrected chi connectivity index (χ3v) is 6.01. The number of hydrogen-bond donors (Lipinski definition) is 7. The fourth-order valence-electron chi connectivity index (χ4n) is 2.47. The highest BCUT2D eigenvalue weighted by atomic mass is 79.9. The summed E-state index contributed by atoms with van der Waals surface area (Å²) in [5.41, 5.74) is 4.81. The van der Waals surface area contributed by atoms with Gasteiger partial charge in [-0.15, -0.1) is 0 Å². The summed E-state index contributed by atoms with van der Waals surface area (Å²) in [5, 5.41) is 23.2. The molecule has 0 rings (SSSR count). The van der Waals surface area contributed by atoms with Crippen LogP contribution in [-0.4, -0.2) is 92.9 Å². The number of aliphatic hydroxyl groups excluding tert-OH is 1. The zero-order valence-corrected chi connectivity index (χ0v) is 22.0. The standard InChI is InChI=1S/C14H32N4O3.C7H13BrN2O2/c1-2-15-6-7-17-9-8-16-5-3-4-14(20)18-10-12-21-13-11-19;1-3-7(8,4-2)5(11)10-6(9)12/h15-17,19H,2-13H2,1H3,(H,18,20);3-4H2,1-2H3,(H3,9,10,11,12). The normalized spacial score (nSPS) is 10.8. The molecule has 0 radical (unpaired) electrons. The average molecular weight is 542 g/mol. The van der Waals surface area contributed by atoms with Gasteiger partial charge in [0.15, 0.2) is 0 Å². The minimum absolute atomic E-state index is 0.0174. The Labute approximate surface area is 206 Å². The summed E-state index contributed by atoms with van der Waals surface area (Å²) >= 11 is 3.26. The molecular weight excluding hydrogens is 496 g/mol. The summed E-state index contributed by atoms with van der Waals surface area (Å²) in [5.74, 6) is -0.326. The number of alkyl halides is 1. The van der Waals surface area contributed by atoms with Crippen LogP contribution in [0.1, 0.15) is 46.5 Å².